The molecule has 2 heterocycles. The summed E-state index contributed by atoms with van der Waals surface area (Å²) in [5.74, 6) is -0.491. The zero-order valence-electron chi connectivity index (χ0n) is 23.8. The first-order chi connectivity index (χ1) is 19.4. The fourth-order valence-corrected chi connectivity index (χ4v) is 5.24. The molecule has 1 aromatic rings. The third-order valence-electron chi connectivity index (χ3n) is 7.55. The molecule has 2 aliphatic heterocycles. The van der Waals surface area contributed by atoms with E-state index in [0.717, 1.165) is 11.1 Å². The van der Waals surface area contributed by atoms with Crippen LogP contribution in [0.2, 0.25) is 0 Å². The molecule has 10 atom stereocenters. The second-order valence-electron chi connectivity index (χ2n) is 11.1. The van der Waals surface area contributed by atoms with Gasteiger partial charge in [0.1, 0.15) is 36.3 Å². The monoisotopic (exact) mass is 588 g/mol. The van der Waals surface area contributed by atoms with Gasteiger partial charge in [-0.25, -0.2) is 4.79 Å². The Labute approximate surface area is 239 Å². The topological polar surface area (TPSA) is 205 Å². The smallest absolute Gasteiger partial charge is 0.434 e. The Morgan fingerprint density at radius 3 is 1.98 bits per heavy atom. The van der Waals surface area contributed by atoms with Gasteiger partial charge in [-0.3, -0.25) is 0 Å². The second-order valence-corrected chi connectivity index (χ2v) is 11.1. The molecule has 1 aromatic carbocycles. The number of carbonyl (C=O) groups excluding carboxylic acids is 1. The lowest BCUT2D eigenvalue weighted by Gasteiger charge is -2.49. The minimum atomic E-state index is -1.70. The molecule has 0 saturated carbocycles. The summed E-state index contributed by atoms with van der Waals surface area (Å²) in [5, 5.41) is 71.4. The number of carbonyl (C=O) groups is 1. The third kappa shape index (κ3) is 7.73. The third-order valence-corrected chi connectivity index (χ3v) is 7.55. The van der Waals surface area contributed by atoms with Crippen LogP contribution in [0.3, 0.4) is 0 Å². The lowest BCUT2D eigenvalue weighted by atomic mass is 9.79. The van der Waals surface area contributed by atoms with Gasteiger partial charge in [0.25, 0.3) is 0 Å². The number of hydrogen-bond donors (Lipinski definition) is 7. The highest BCUT2D eigenvalue weighted by Gasteiger charge is 2.55. The van der Waals surface area contributed by atoms with Gasteiger partial charge < -0.3 is 59.4 Å². The summed E-state index contributed by atoms with van der Waals surface area (Å²) in [7, 11) is 0. The summed E-state index contributed by atoms with van der Waals surface area (Å²) in [6.45, 7) is 6.55. The number of hydrogen-bond acceptors (Lipinski definition) is 13. The Hall–Kier alpha value is -1.91. The van der Waals surface area contributed by atoms with Crippen molar-refractivity contribution in [3.05, 3.63) is 29.3 Å². The molecule has 13 nitrogen and oxygen atoms in total. The molecule has 2 saturated heterocycles. The zero-order chi connectivity index (χ0) is 30.4. The maximum absolute atomic E-state index is 12.4. The highest BCUT2D eigenvalue weighted by molar-refractivity contribution is 5.66. The van der Waals surface area contributed by atoms with Crippen molar-refractivity contribution in [2.45, 2.75) is 101 Å². The molecule has 7 N–H and O–H groups in total. The summed E-state index contributed by atoms with van der Waals surface area (Å²) in [4.78, 5) is 12.4. The second kappa shape index (κ2) is 15.0. The van der Waals surface area contributed by atoms with Crippen LogP contribution in [0.25, 0.3) is 0 Å². The quantitative estimate of drug-likeness (QED) is 0.101. The minimum Gasteiger partial charge on any atom is -0.434 e. The van der Waals surface area contributed by atoms with Crippen LogP contribution < -0.4 is 4.74 Å². The number of aliphatic hydroxyl groups excluding tert-OH is 7. The van der Waals surface area contributed by atoms with Crippen molar-refractivity contribution in [2.24, 2.45) is 5.92 Å². The van der Waals surface area contributed by atoms with Gasteiger partial charge in [0.15, 0.2) is 6.29 Å². The van der Waals surface area contributed by atoms with Crippen molar-refractivity contribution in [1.82, 2.24) is 0 Å². The van der Waals surface area contributed by atoms with E-state index in [-0.39, 0.29) is 31.5 Å². The Morgan fingerprint density at radius 1 is 0.805 bits per heavy atom. The van der Waals surface area contributed by atoms with Crippen LogP contribution in [0.1, 0.15) is 57.1 Å². The van der Waals surface area contributed by atoms with Gasteiger partial charge in [-0.05, 0) is 23.0 Å². The molecule has 0 radical (unpaired) electrons. The number of rotatable bonds is 11. The molecular weight excluding hydrogens is 544 g/mol. The van der Waals surface area contributed by atoms with Gasteiger partial charge in [0, 0.05) is 12.3 Å². The van der Waals surface area contributed by atoms with Crippen molar-refractivity contribution >= 4 is 6.16 Å². The molecule has 234 valence electrons. The summed E-state index contributed by atoms with van der Waals surface area (Å²) in [5.41, 5.74) is 1.78. The van der Waals surface area contributed by atoms with Gasteiger partial charge in [-0.2, -0.15) is 0 Å². The highest BCUT2D eigenvalue weighted by Crippen LogP contribution is 2.37. The fourth-order valence-electron chi connectivity index (χ4n) is 5.24. The zero-order valence-corrected chi connectivity index (χ0v) is 23.8. The lowest BCUT2D eigenvalue weighted by molar-refractivity contribution is -0.324. The first-order valence-electron chi connectivity index (χ1n) is 13.9. The molecule has 2 aliphatic rings. The van der Waals surface area contributed by atoms with Crippen LogP contribution >= 0.6 is 0 Å². The van der Waals surface area contributed by atoms with Gasteiger partial charge >= 0.3 is 6.16 Å². The Kier molecular flexibility index (Phi) is 12.3. The molecule has 10 unspecified atom stereocenters. The van der Waals surface area contributed by atoms with Crippen LogP contribution in [0, 0.1) is 5.92 Å². The van der Waals surface area contributed by atoms with Gasteiger partial charge in [-0.15, -0.1) is 0 Å². The Morgan fingerprint density at radius 2 is 1.41 bits per heavy atom. The maximum Gasteiger partial charge on any atom is 0.513 e. The fraction of sp³-hybridized carbons (Fsp3) is 0.750. The summed E-state index contributed by atoms with van der Waals surface area (Å²) in [6.07, 6.45) is -14.1. The molecule has 0 spiro atoms. The van der Waals surface area contributed by atoms with E-state index in [1.54, 1.807) is 0 Å². The van der Waals surface area contributed by atoms with Crippen molar-refractivity contribution in [2.75, 3.05) is 26.4 Å². The van der Waals surface area contributed by atoms with E-state index in [4.69, 9.17) is 23.7 Å². The van der Waals surface area contributed by atoms with Crippen LogP contribution in [-0.2, 0) is 18.9 Å². The molecule has 13 heteroatoms. The van der Waals surface area contributed by atoms with Gasteiger partial charge in [0.2, 0.25) is 0 Å². The first-order valence-corrected chi connectivity index (χ1v) is 13.9. The van der Waals surface area contributed by atoms with E-state index < -0.39 is 80.4 Å². The summed E-state index contributed by atoms with van der Waals surface area (Å²) < 4.78 is 27.4. The number of para-hydroxylation sites is 1. The predicted molar refractivity (Wildman–Crippen MR) is 142 cm³/mol. The van der Waals surface area contributed by atoms with Crippen LogP contribution in [0.4, 0.5) is 4.79 Å². The van der Waals surface area contributed by atoms with Gasteiger partial charge in [-0.1, -0.05) is 45.9 Å². The molecule has 0 bridgehead atoms. The van der Waals surface area contributed by atoms with Crippen LogP contribution in [-0.4, -0.2) is 123 Å². The molecule has 0 amide bonds. The molecular formula is C28H44O13. The normalized spacial score (nSPS) is 34.2. The minimum absolute atomic E-state index is 0.0512. The summed E-state index contributed by atoms with van der Waals surface area (Å²) in [6, 6.07) is 5.73. The number of aliphatic hydroxyl groups is 7. The highest BCUT2D eigenvalue weighted by atomic mass is 16.7. The average Bonchev–Trinajstić information content (AvgIpc) is 2.94. The molecule has 0 aliphatic carbocycles. The number of benzene rings is 1. The van der Waals surface area contributed by atoms with E-state index in [0.29, 0.717) is 5.75 Å². The standard InChI is InChI=1S/C28H44O13/c1-13(2)15-7-5-8-16(14(3)4)25(15)41-28(36)38-10-6-9-37-27-24(35)21(32)19(17(11-29)40-27)26-23(34)22(33)20(31)18(12-30)39-26/h5,7-8,13-14,17-24,26-27,29-35H,6,9-12H2,1-4H3. The van der Waals surface area contributed by atoms with Crippen molar-refractivity contribution in [1.29, 1.82) is 0 Å². The molecule has 0 aromatic heterocycles. The largest absolute Gasteiger partial charge is 0.513 e. The number of ether oxygens (including phenoxy) is 5. The SMILES string of the molecule is CC(C)c1cccc(C(C)C)c1OC(=O)OCCCOC1OC(CO)C(C2OC(CO)C(O)C(O)C2O)C(O)C1O. The Bertz CT molecular complexity index is 942. The van der Waals surface area contributed by atoms with Crippen LogP contribution in [0.5, 0.6) is 5.75 Å². The maximum atomic E-state index is 12.4. The van der Waals surface area contributed by atoms with E-state index in [2.05, 4.69) is 0 Å². The van der Waals surface area contributed by atoms with E-state index >= 15 is 0 Å². The van der Waals surface area contributed by atoms with Crippen molar-refractivity contribution < 1.29 is 64.2 Å². The molecule has 3 rings (SSSR count). The van der Waals surface area contributed by atoms with Crippen molar-refractivity contribution in [3.8, 4) is 5.75 Å². The van der Waals surface area contributed by atoms with Gasteiger partial charge in [0.05, 0.1) is 44.7 Å². The average molecular weight is 589 g/mol. The van der Waals surface area contributed by atoms with E-state index in [1.807, 2.05) is 45.9 Å². The van der Waals surface area contributed by atoms with Crippen LogP contribution in [0.15, 0.2) is 18.2 Å². The molecule has 41 heavy (non-hydrogen) atoms. The van der Waals surface area contributed by atoms with Crippen molar-refractivity contribution in [3.63, 3.8) is 0 Å². The summed E-state index contributed by atoms with van der Waals surface area (Å²) >= 11 is 0. The van der Waals surface area contributed by atoms with E-state index in [9.17, 15) is 40.5 Å². The molecule has 2 fully saturated rings. The lowest BCUT2D eigenvalue weighted by Crippen LogP contribution is -2.67. The predicted octanol–water partition coefficient (Wildman–Crippen LogP) is -0.247. The first kappa shape index (κ1) is 33.6. The Balaban J connectivity index is 1.52. The van der Waals surface area contributed by atoms with E-state index in [1.165, 1.54) is 0 Å².